The maximum absolute atomic E-state index is 5.63. The smallest absolute Gasteiger partial charge is 0.166 e. The normalized spacial score (nSPS) is 18.4. The molecule has 0 atom stereocenters. The van der Waals surface area contributed by atoms with E-state index in [1.807, 2.05) is 0 Å². The molecule has 0 spiro atoms. The highest BCUT2D eigenvalue weighted by Gasteiger charge is 2.22. The lowest BCUT2D eigenvalue weighted by molar-refractivity contribution is 0.159. The lowest BCUT2D eigenvalue weighted by atomic mass is 10.0. The Kier molecular flexibility index (Phi) is 5.49. The van der Waals surface area contributed by atoms with Crippen LogP contribution in [0.2, 0.25) is 0 Å². The van der Waals surface area contributed by atoms with E-state index in [0.29, 0.717) is 11.2 Å². The van der Waals surface area contributed by atoms with Crippen molar-refractivity contribution in [3.63, 3.8) is 0 Å². The summed E-state index contributed by atoms with van der Waals surface area (Å²) in [6.07, 6.45) is 3.66. The van der Waals surface area contributed by atoms with Crippen LogP contribution in [0, 0.1) is 5.92 Å². The number of piperidine rings is 1. The van der Waals surface area contributed by atoms with E-state index in [2.05, 4.69) is 30.7 Å². The number of hydrogen-bond donors (Lipinski definition) is 1. The Bertz CT molecular complexity index is 222. The van der Waals surface area contributed by atoms with Gasteiger partial charge in [-0.1, -0.05) is 13.8 Å². The fourth-order valence-corrected chi connectivity index (χ4v) is 2.35. The van der Waals surface area contributed by atoms with Crippen LogP contribution >= 0.6 is 12.2 Å². The van der Waals surface area contributed by atoms with Gasteiger partial charge in [-0.2, -0.15) is 0 Å². The van der Waals surface area contributed by atoms with Crippen LogP contribution < -0.4 is 5.73 Å². The minimum atomic E-state index is 0.559. The molecule has 1 rings (SSSR count). The van der Waals surface area contributed by atoms with Crippen LogP contribution in [0.5, 0.6) is 0 Å². The molecular weight excluding hydrogens is 218 g/mol. The van der Waals surface area contributed by atoms with E-state index < -0.39 is 0 Å². The molecule has 1 fully saturated rings. The molecule has 0 aromatic carbocycles. The summed E-state index contributed by atoms with van der Waals surface area (Å²) in [7, 11) is 2.24. The maximum Gasteiger partial charge on any atom is 0.166 e. The Morgan fingerprint density at radius 1 is 1.44 bits per heavy atom. The second-order valence-electron chi connectivity index (χ2n) is 5.22. The molecule has 0 aromatic rings. The Labute approximate surface area is 105 Å². The third-order valence-electron chi connectivity index (χ3n) is 3.46. The monoisotopic (exact) mass is 243 g/mol. The van der Waals surface area contributed by atoms with E-state index in [0.717, 1.165) is 19.0 Å². The van der Waals surface area contributed by atoms with E-state index in [-0.39, 0.29) is 0 Å². The maximum atomic E-state index is 5.63. The fourth-order valence-electron chi connectivity index (χ4n) is 2.17. The molecule has 94 valence electrons. The van der Waals surface area contributed by atoms with E-state index >= 15 is 0 Å². The van der Waals surface area contributed by atoms with Crippen LogP contribution in [0.25, 0.3) is 0 Å². The summed E-state index contributed by atoms with van der Waals surface area (Å²) < 4.78 is 0. The first-order valence-corrected chi connectivity index (χ1v) is 6.66. The predicted octanol–water partition coefficient (Wildman–Crippen LogP) is 1.67. The van der Waals surface area contributed by atoms with Crippen molar-refractivity contribution in [3.05, 3.63) is 0 Å². The molecule has 4 heteroatoms. The lowest BCUT2D eigenvalue weighted by Crippen LogP contribution is -2.47. The third-order valence-corrected chi connectivity index (χ3v) is 3.72. The van der Waals surface area contributed by atoms with Crippen molar-refractivity contribution in [1.82, 2.24) is 9.80 Å². The molecule has 0 aliphatic carbocycles. The van der Waals surface area contributed by atoms with Crippen LogP contribution in [0.3, 0.4) is 0 Å². The summed E-state index contributed by atoms with van der Waals surface area (Å²) in [5.41, 5.74) is 5.63. The molecule has 0 saturated carbocycles. The molecule has 1 aliphatic rings. The molecule has 16 heavy (non-hydrogen) atoms. The van der Waals surface area contributed by atoms with Crippen LogP contribution in [0.4, 0.5) is 0 Å². The number of hydrogen-bond acceptors (Lipinski definition) is 2. The minimum absolute atomic E-state index is 0.559. The van der Waals surface area contributed by atoms with Gasteiger partial charge in [0.15, 0.2) is 5.11 Å². The average molecular weight is 243 g/mol. The van der Waals surface area contributed by atoms with Gasteiger partial charge in [-0.3, -0.25) is 0 Å². The standard InChI is InChI=1S/C12H25N3S/c1-10(2)4-7-14(3)11-5-8-15(9-6-11)12(13)16/h10-11H,4-9H2,1-3H3,(H2,13,16). The number of thiocarbonyl (C=S) groups is 1. The number of nitrogens with two attached hydrogens (primary N) is 1. The molecule has 3 nitrogen and oxygen atoms in total. The molecule has 0 unspecified atom stereocenters. The van der Waals surface area contributed by atoms with Crippen molar-refractivity contribution in [2.45, 2.75) is 39.2 Å². The lowest BCUT2D eigenvalue weighted by Gasteiger charge is -2.37. The van der Waals surface area contributed by atoms with Crippen molar-refractivity contribution in [2.24, 2.45) is 11.7 Å². The second kappa shape index (κ2) is 6.40. The molecule has 1 heterocycles. The Morgan fingerprint density at radius 3 is 2.44 bits per heavy atom. The zero-order valence-electron chi connectivity index (χ0n) is 10.8. The van der Waals surface area contributed by atoms with Crippen molar-refractivity contribution < 1.29 is 0 Å². The van der Waals surface area contributed by atoms with Gasteiger partial charge in [-0.15, -0.1) is 0 Å². The molecule has 0 bridgehead atoms. The minimum Gasteiger partial charge on any atom is -0.376 e. The summed E-state index contributed by atoms with van der Waals surface area (Å²) in [5, 5.41) is 0.559. The van der Waals surface area contributed by atoms with Crippen LogP contribution in [-0.4, -0.2) is 47.6 Å². The molecule has 0 amide bonds. The quantitative estimate of drug-likeness (QED) is 0.761. The van der Waals surface area contributed by atoms with Crippen LogP contribution in [-0.2, 0) is 0 Å². The molecule has 2 N–H and O–H groups in total. The number of rotatable bonds is 4. The van der Waals surface area contributed by atoms with Gasteiger partial charge in [0.1, 0.15) is 0 Å². The van der Waals surface area contributed by atoms with Gasteiger partial charge in [0.2, 0.25) is 0 Å². The molecule has 1 saturated heterocycles. The predicted molar refractivity (Wildman–Crippen MR) is 73.5 cm³/mol. The Hall–Kier alpha value is -0.350. The van der Waals surface area contributed by atoms with Gasteiger partial charge in [0, 0.05) is 19.1 Å². The largest absolute Gasteiger partial charge is 0.376 e. The zero-order valence-corrected chi connectivity index (χ0v) is 11.6. The third kappa shape index (κ3) is 4.26. The van der Waals surface area contributed by atoms with Gasteiger partial charge in [-0.05, 0) is 51.0 Å². The summed E-state index contributed by atoms with van der Waals surface area (Å²) in [6.45, 7) is 7.81. The molecule has 1 aliphatic heterocycles. The van der Waals surface area contributed by atoms with Gasteiger partial charge in [0.05, 0.1) is 0 Å². The van der Waals surface area contributed by atoms with Crippen molar-refractivity contribution in [1.29, 1.82) is 0 Å². The van der Waals surface area contributed by atoms with Gasteiger partial charge >= 0.3 is 0 Å². The van der Waals surface area contributed by atoms with E-state index in [4.69, 9.17) is 18.0 Å². The SMILES string of the molecule is CC(C)CCN(C)C1CCN(C(N)=S)CC1. The van der Waals surface area contributed by atoms with Gasteiger partial charge in [-0.25, -0.2) is 0 Å². The number of nitrogens with zero attached hydrogens (tertiary/aromatic N) is 2. The molecular formula is C12H25N3S. The van der Waals surface area contributed by atoms with Crippen molar-refractivity contribution in [3.8, 4) is 0 Å². The second-order valence-corrected chi connectivity index (χ2v) is 5.64. The van der Waals surface area contributed by atoms with Crippen molar-refractivity contribution in [2.75, 3.05) is 26.7 Å². The first kappa shape index (κ1) is 13.7. The van der Waals surface area contributed by atoms with E-state index in [9.17, 15) is 0 Å². The van der Waals surface area contributed by atoms with E-state index in [1.54, 1.807) is 0 Å². The first-order chi connectivity index (χ1) is 7.50. The summed E-state index contributed by atoms with van der Waals surface area (Å²) in [6, 6.07) is 0.712. The fraction of sp³-hybridized carbons (Fsp3) is 0.917. The van der Waals surface area contributed by atoms with E-state index in [1.165, 1.54) is 25.8 Å². The highest BCUT2D eigenvalue weighted by atomic mass is 32.1. The first-order valence-electron chi connectivity index (χ1n) is 6.25. The highest BCUT2D eigenvalue weighted by molar-refractivity contribution is 7.80. The number of likely N-dealkylation sites (tertiary alicyclic amines) is 1. The van der Waals surface area contributed by atoms with Gasteiger partial charge < -0.3 is 15.5 Å². The van der Waals surface area contributed by atoms with Gasteiger partial charge in [0.25, 0.3) is 0 Å². The summed E-state index contributed by atoms with van der Waals surface area (Å²) >= 11 is 5.00. The average Bonchev–Trinajstić information content (AvgIpc) is 2.26. The van der Waals surface area contributed by atoms with Crippen LogP contribution in [0.15, 0.2) is 0 Å². The summed E-state index contributed by atoms with van der Waals surface area (Å²) in [5.74, 6) is 0.791. The molecule has 0 aromatic heterocycles. The van der Waals surface area contributed by atoms with Crippen molar-refractivity contribution >= 4 is 17.3 Å². The Balaban J connectivity index is 2.27. The topological polar surface area (TPSA) is 32.5 Å². The van der Waals surface area contributed by atoms with Crippen LogP contribution in [0.1, 0.15) is 33.1 Å². The Morgan fingerprint density at radius 2 is 2.00 bits per heavy atom. The summed E-state index contributed by atoms with van der Waals surface area (Å²) in [4.78, 5) is 4.61. The zero-order chi connectivity index (χ0) is 12.1. The highest BCUT2D eigenvalue weighted by Crippen LogP contribution is 2.16. The molecule has 0 radical (unpaired) electrons.